The molecule has 0 aliphatic carbocycles. The van der Waals surface area contributed by atoms with Crippen LogP contribution in [0, 0.1) is 5.41 Å². The fourth-order valence-corrected chi connectivity index (χ4v) is 5.03. The first-order valence-electron chi connectivity index (χ1n) is 17.3. The minimum atomic E-state index is -3.27. The molecule has 2 N–H and O–H groups in total. The van der Waals surface area contributed by atoms with Crippen LogP contribution in [-0.2, 0) is 16.0 Å². The highest BCUT2D eigenvalue weighted by Crippen LogP contribution is 2.35. The second kappa shape index (κ2) is 13.9. The monoisotopic (exact) mass is 624 g/mol. The van der Waals surface area contributed by atoms with E-state index in [0.29, 0.717) is 28.3 Å². The number of ether oxygens (including phenoxy) is 3. The number of Topliss-reactive ketones (excluding diaryl/α,β-unsaturated/α-hetero) is 1. The van der Waals surface area contributed by atoms with E-state index in [9.17, 15) is 9.59 Å². The molecule has 1 amide bonds. The van der Waals surface area contributed by atoms with Gasteiger partial charge in [-0.05, 0) is 47.9 Å². The molecule has 1 aromatic heterocycles. The molecule has 232 valence electrons. The molecule has 1 saturated heterocycles. The third-order valence-electron chi connectivity index (χ3n) is 7.13. The highest BCUT2D eigenvalue weighted by molar-refractivity contribution is 6.31. The molecule has 2 aliphatic heterocycles. The molecule has 3 heterocycles. The Labute approximate surface area is 271 Å². The fraction of sp³-hybridized carbons (Fsp3) is 0.412. The van der Waals surface area contributed by atoms with Gasteiger partial charge >= 0.3 is 0 Å². The maximum atomic E-state index is 12.9. The minimum Gasteiger partial charge on any atom is -0.493 e. The molecule has 2 aromatic carbocycles. The van der Waals surface area contributed by atoms with Crippen LogP contribution in [-0.4, -0.2) is 73.2 Å². The van der Waals surface area contributed by atoms with Crippen LogP contribution in [0.3, 0.4) is 0 Å². The number of ketones is 1. The summed E-state index contributed by atoms with van der Waals surface area (Å²) < 4.78 is 67.6. The average Bonchev–Trinajstić information content (AvgIpc) is 3.51. The van der Waals surface area contributed by atoms with Gasteiger partial charge in [0.15, 0.2) is 0 Å². The van der Waals surface area contributed by atoms with Gasteiger partial charge in [-0.3, -0.25) is 24.5 Å². The van der Waals surface area contributed by atoms with Crippen molar-refractivity contribution in [2.75, 3.05) is 45.9 Å². The van der Waals surface area contributed by atoms with Crippen molar-refractivity contribution in [3.05, 3.63) is 70.4 Å². The lowest BCUT2D eigenvalue weighted by Crippen LogP contribution is -2.37. The Balaban J connectivity index is 1.35. The molecule has 1 fully saturated rings. The number of aliphatic imine (C=N–C) groups is 1. The van der Waals surface area contributed by atoms with Crippen LogP contribution in [0.2, 0.25) is 5.02 Å². The number of pyridine rings is 1. The van der Waals surface area contributed by atoms with Crippen LogP contribution in [0.5, 0.6) is 17.2 Å². The highest BCUT2D eigenvalue weighted by Gasteiger charge is 2.22. The number of primary amides is 1. The summed E-state index contributed by atoms with van der Waals surface area (Å²) in [5, 5.41) is 0.626. The van der Waals surface area contributed by atoms with Gasteiger partial charge in [-0.2, -0.15) is 0 Å². The van der Waals surface area contributed by atoms with E-state index in [4.69, 9.17) is 39.8 Å². The lowest BCUT2D eigenvalue weighted by atomic mass is 9.89. The standard InChI is InChI=1S/C34H39ClN4O5/c1-34(2,3)32-16-22(21-38-32)15-24(40)17-23-5-6-25(18-28(23)35)44-30-7-8-37-29-20-31(27(33(36)41)19-26(29)30)43-12-4-9-39-10-13-42-14-11-39/h5-8,16,18-20H,4,9-15,17,21H2,1-3H3,(H2,36,41)/i4D2,9D2,12D2. The van der Waals surface area contributed by atoms with Gasteiger partial charge in [0.1, 0.15) is 23.0 Å². The summed E-state index contributed by atoms with van der Waals surface area (Å²) in [5.74, 6) is -0.849. The molecule has 44 heavy (non-hydrogen) atoms. The zero-order chi connectivity index (χ0) is 36.6. The average molecular weight is 625 g/mol. The van der Waals surface area contributed by atoms with Crippen LogP contribution in [0.25, 0.3) is 10.9 Å². The third kappa shape index (κ3) is 8.02. The molecular weight excluding hydrogens is 580 g/mol. The molecule has 0 radical (unpaired) electrons. The van der Waals surface area contributed by atoms with Gasteiger partial charge in [-0.25, -0.2) is 0 Å². The Morgan fingerprint density at radius 1 is 1.11 bits per heavy atom. The largest absolute Gasteiger partial charge is 0.493 e. The molecule has 3 aromatic rings. The molecule has 0 saturated carbocycles. The van der Waals surface area contributed by atoms with Crippen LogP contribution in [0.15, 0.2) is 59.2 Å². The van der Waals surface area contributed by atoms with Gasteiger partial charge in [-0.15, -0.1) is 0 Å². The van der Waals surface area contributed by atoms with Gasteiger partial charge in [0.05, 0.1) is 40.1 Å². The first-order chi connectivity index (χ1) is 23.3. The predicted octanol–water partition coefficient (Wildman–Crippen LogP) is 5.81. The second-order valence-electron chi connectivity index (χ2n) is 11.6. The molecule has 5 rings (SSSR count). The number of nitrogens with two attached hydrogens (primary N) is 1. The number of carbonyl (C=O) groups is 2. The summed E-state index contributed by atoms with van der Waals surface area (Å²) in [6.45, 7) is 1.11. The van der Waals surface area contributed by atoms with Gasteiger partial charge < -0.3 is 19.9 Å². The highest BCUT2D eigenvalue weighted by atomic mass is 35.5. The number of rotatable bonds is 12. The van der Waals surface area contributed by atoms with E-state index in [2.05, 4.69) is 30.7 Å². The van der Waals surface area contributed by atoms with E-state index in [1.807, 2.05) is 6.08 Å². The van der Waals surface area contributed by atoms with E-state index >= 15 is 0 Å². The van der Waals surface area contributed by atoms with Crippen molar-refractivity contribution in [1.82, 2.24) is 9.88 Å². The number of hydrogen-bond donors (Lipinski definition) is 1. The summed E-state index contributed by atoms with van der Waals surface area (Å²) in [6, 6.07) is 8.97. The fourth-order valence-electron chi connectivity index (χ4n) is 4.79. The molecule has 9 nitrogen and oxygen atoms in total. The van der Waals surface area contributed by atoms with Crippen molar-refractivity contribution in [2.45, 2.75) is 40.0 Å². The number of nitrogens with zero attached hydrogens (tertiary/aromatic N) is 3. The minimum absolute atomic E-state index is 0.00370. The maximum absolute atomic E-state index is 12.9. The van der Waals surface area contributed by atoms with Crippen molar-refractivity contribution >= 4 is 39.9 Å². The van der Waals surface area contributed by atoms with Gasteiger partial charge in [0.25, 0.3) is 5.91 Å². The molecule has 10 heteroatoms. The van der Waals surface area contributed by atoms with E-state index in [1.165, 1.54) is 24.4 Å². The van der Waals surface area contributed by atoms with Gasteiger partial charge in [0, 0.05) is 71.7 Å². The van der Waals surface area contributed by atoms with Crippen molar-refractivity contribution in [3.63, 3.8) is 0 Å². The van der Waals surface area contributed by atoms with Crippen LogP contribution in [0.1, 0.15) is 57.7 Å². The van der Waals surface area contributed by atoms with E-state index in [0.717, 1.165) is 16.2 Å². The van der Waals surface area contributed by atoms with Crippen molar-refractivity contribution < 1.29 is 32.0 Å². The number of benzene rings is 2. The predicted molar refractivity (Wildman–Crippen MR) is 172 cm³/mol. The van der Waals surface area contributed by atoms with E-state index in [-0.39, 0.29) is 67.2 Å². The zero-order valence-corrected chi connectivity index (χ0v) is 25.7. The lowest BCUT2D eigenvalue weighted by molar-refractivity contribution is -0.117. The third-order valence-corrected chi connectivity index (χ3v) is 7.48. The number of halogens is 1. The number of allylic oxidation sites excluding steroid dienone is 1. The second-order valence-corrected chi connectivity index (χ2v) is 12.0. The molecule has 2 aliphatic rings. The number of morpholine rings is 1. The quantitative estimate of drug-likeness (QED) is 0.270. The first-order valence-corrected chi connectivity index (χ1v) is 14.6. The summed E-state index contributed by atoms with van der Waals surface area (Å²) in [6.07, 6.45) is 0.602. The van der Waals surface area contributed by atoms with Crippen molar-refractivity contribution in [3.8, 4) is 17.2 Å². The van der Waals surface area contributed by atoms with E-state index in [1.54, 1.807) is 18.2 Å². The first kappa shape index (κ1) is 24.5. The number of fused-ring (bicyclic) bond motifs is 1. The van der Waals surface area contributed by atoms with Crippen LogP contribution < -0.4 is 15.2 Å². The number of hydrogen-bond acceptors (Lipinski definition) is 8. The van der Waals surface area contributed by atoms with Gasteiger partial charge in [-0.1, -0.05) is 38.4 Å². The zero-order valence-electron chi connectivity index (χ0n) is 30.9. The summed E-state index contributed by atoms with van der Waals surface area (Å²) >= 11 is 6.56. The molecule has 0 atom stereocenters. The van der Waals surface area contributed by atoms with Crippen molar-refractivity contribution in [1.29, 1.82) is 0 Å². The molecule has 0 unspecified atom stereocenters. The molecule has 0 spiro atoms. The number of aromatic nitrogens is 1. The van der Waals surface area contributed by atoms with Gasteiger partial charge in [0.2, 0.25) is 0 Å². The smallest absolute Gasteiger partial charge is 0.252 e. The maximum Gasteiger partial charge on any atom is 0.252 e. The van der Waals surface area contributed by atoms with Crippen LogP contribution in [0.4, 0.5) is 0 Å². The topological polar surface area (TPSA) is 116 Å². The van der Waals surface area contributed by atoms with Crippen molar-refractivity contribution in [2.24, 2.45) is 16.1 Å². The number of carbonyl (C=O) groups excluding carboxylic acids is 2. The summed E-state index contributed by atoms with van der Waals surface area (Å²) in [5.41, 5.74) is 8.03. The summed E-state index contributed by atoms with van der Waals surface area (Å²) in [7, 11) is 0. The molecular formula is C34H39ClN4O5. The SMILES string of the molecule is [2H]C([2H])(Oc1cc2nccc(Oc3ccc(CC(=O)CC4=CC(C(C)(C)C)=NC4)c(Cl)c3)c2cc1C(N)=O)C([2H])([2H])C([2H])([2H])N1CCOCC1. The lowest BCUT2D eigenvalue weighted by Gasteiger charge is -2.26. The Morgan fingerprint density at radius 3 is 2.61 bits per heavy atom. The Morgan fingerprint density at radius 2 is 1.91 bits per heavy atom. The Bertz CT molecular complexity index is 1870. The van der Waals surface area contributed by atoms with E-state index < -0.39 is 31.1 Å². The Hall–Kier alpha value is -3.79. The normalized spacial score (nSPS) is 18.6. The Kier molecular flexibility index (Phi) is 7.74. The number of amides is 1. The molecule has 0 bridgehead atoms. The van der Waals surface area contributed by atoms with Crippen LogP contribution >= 0.6 is 11.6 Å². The summed E-state index contributed by atoms with van der Waals surface area (Å²) in [4.78, 5) is 35.4.